The number of aromatic nitrogens is 2. The molecular weight excluding hydrogens is 351 g/mol. The average Bonchev–Trinajstić information content (AvgIpc) is 2.59. The summed E-state index contributed by atoms with van der Waals surface area (Å²) in [6.07, 6.45) is 0.173. The van der Waals surface area contributed by atoms with Crippen LogP contribution in [0.25, 0.3) is 0 Å². The van der Waals surface area contributed by atoms with Crippen LogP contribution >= 0.6 is 39.1 Å². The zero-order valence-electron chi connectivity index (χ0n) is 10.4. The van der Waals surface area contributed by atoms with E-state index in [-0.39, 0.29) is 12.2 Å². The van der Waals surface area contributed by atoms with Crippen molar-refractivity contribution in [3.63, 3.8) is 0 Å². The molecule has 1 heterocycles. The molecule has 0 bridgehead atoms. The quantitative estimate of drug-likeness (QED) is 0.767. The van der Waals surface area contributed by atoms with E-state index < -0.39 is 0 Å². The predicted molar refractivity (Wildman–Crippen MR) is 80.1 cm³/mol. The van der Waals surface area contributed by atoms with E-state index in [2.05, 4.69) is 21.0 Å². The fraction of sp³-hybridized carbons (Fsp3) is 0.231. The van der Waals surface area contributed by atoms with Gasteiger partial charge in [0.25, 0.3) is 0 Å². The number of ketones is 1. The van der Waals surface area contributed by atoms with Crippen molar-refractivity contribution in [2.75, 3.05) is 0 Å². The number of aryl methyl sites for hydroxylation is 2. The maximum absolute atomic E-state index is 12.3. The fourth-order valence-corrected chi connectivity index (χ4v) is 2.66. The van der Waals surface area contributed by atoms with Gasteiger partial charge in [0.1, 0.15) is 0 Å². The molecule has 1 aromatic heterocycles. The van der Waals surface area contributed by atoms with E-state index in [0.717, 1.165) is 0 Å². The van der Waals surface area contributed by atoms with Crippen molar-refractivity contribution in [3.05, 3.63) is 49.7 Å². The molecule has 0 N–H and O–H groups in total. The van der Waals surface area contributed by atoms with E-state index in [0.29, 0.717) is 31.5 Å². The number of hydrogen-bond acceptors (Lipinski definition) is 2. The van der Waals surface area contributed by atoms with E-state index >= 15 is 0 Å². The van der Waals surface area contributed by atoms with Crippen molar-refractivity contribution in [3.8, 4) is 0 Å². The molecule has 19 heavy (non-hydrogen) atoms. The lowest BCUT2D eigenvalue weighted by Gasteiger charge is -2.06. The standard InChI is InChI=1S/C13H11BrCl2N2O/c1-7-12(15)10(18(2)17-7)6-11(19)8-4-3-5-9(14)13(8)16/h3-5H,6H2,1-2H3. The maximum Gasteiger partial charge on any atom is 0.170 e. The van der Waals surface area contributed by atoms with Crippen LogP contribution in [-0.4, -0.2) is 15.6 Å². The smallest absolute Gasteiger partial charge is 0.170 e. The lowest BCUT2D eigenvalue weighted by atomic mass is 10.1. The van der Waals surface area contributed by atoms with Gasteiger partial charge in [-0.15, -0.1) is 0 Å². The van der Waals surface area contributed by atoms with E-state index in [1.54, 1.807) is 29.9 Å². The Balaban J connectivity index is 2.34. The molecule has 2 rings (SSSR count). The van der Waals surface area contributed by atoms with Gasteiger partial charge < -0.3 is 0 Å². The highest BCUT2D eigenvalue weighted by Gasteiger charge is 2.18. The largest absolute Gasteiger partial charge is 0.294 e. The minimum Gasteiger partial charge on any atom is -0.294 e. The molecule has 6 heteroatoms. The topological polar surface area (TPSA) is 34.9 Å². The molecule has 0 amide bonds. The van der Waals surface area contributed by atoms with E-state index in [4.69, 9.17) is 23.2 Å². The van der Waals surface area contributed by atoms with Crippen molar-refractivity contribution in [1.29, 1.82) is 0 Å². The fourth-order valence-electron chi connectivity index (χ4n) is 1.84. The maximum atomic E-state index is 12.3. The Morgan fingerprint density at radius 3 is 2.63 bits per heavy atom. The summed E-state index contributed by atoms with van der Waals surface area (Å²) in [6.45, 7) is 1.81. The first-order valence-corrected chi connectivity index (χ1v) is 7.12. The van der Waals surface area contributed by atoms with Crippen LogP contribution in [0.3, 0.4) is 0 Å². The van der Waals surface area contributed by atoms with E-state index in [9.17, 15) is 4.79 Å². The van der Waals surface area contributed by atoms with Gasteiger partial charge >= 0.3 is 0 Å². The molecule has 0 radical (unpaired) electrons. The predicted octanol–water partition coefficient (Wildman–Crippen LogP) is 4.22. The zero-order valence-corrected chi connectivity index (χ0v) is 13.5. The van der Waals surface area contributed by atoms with Crippen LogP contribution in [0.1, 0.15) is 21.7 Å². The van der Waals surface area contributed by atoms with Crippen LogP contribution in [0.2, 0.25) is 10.0 Å². The summed E-state index contributed by atoms with van der Waals surface area (Å²) in [5.74, 6) is -0.0869. The highest BCUT2D eigenvalue weighted by Crippen LogP contribution is 2.28. The third-order valence-electron chi connectivity index (χ3n) is 2.84. The Kier molecular flexibility index (Phi) is 4.33. The summed E-state index contributed by atoms with van der Waals surface area (Å²) in [6, 6.07) is 5.27. The SMILES string of the molecule is Cc1nn(C)c(CC(=O)c2cccc(Br)c2Cl)c1Cl. The third-order valence-corrected chi connectivity index (χ3v) is 4.63. The minimum atomic E-state index is -0.0869. The summed E-state index contributed by atoms with van der Waals surface area (Å²) in [5, 5.41) is 5.14. The second-order valence-electron chi connectivity index (χ2n) is 4.17. The second kappa shape index (κ2) is 5.65. The number of Topliss-reactive ketones (excluding diaryl/α,β-unsaturated/α-hetero) is 1. The molecule has 100 valence electrons. The lowest BCUT2D eigenvalue weighted by Crippen LogP contribution is -2.09. The van der Waals surface area contributed by atoms with E-state index in [1.165, 1.54) is 0 Å². The van der Waals surface area contributed by atoms with Gasteiger partial charge in [0.05, 0.1) is 27.9 Å². The minimum absolute atomic E-state index is 0.0869. The number of carbonyl (C=O) groups is 1. The van der Waals surface area contributed by atoms with Crippen LogP contribution < -0.4 is 0 Å². The molecule has 2 aromatic rings. The van der Waals surface area contributed by atoms with Crippen molar-refractivity contribution in [2.45, 2.75) is 13.3 Å². The van der Waals surface area contributed by atoms with E-state index in [1.807, 2.05) is 6.92 Å². The zero-order chi connectivity index (χ0) is 14.2. The summed E-state index contributed by atoms with van der Waals surface area (Å²) in [7, 11) is 1.77. The highest BCUT2D eigenvalue weighted by molar-refractivity contribution is 9.10. The van der Waals surface area contributed by atoms with Crippen LogP contribution in [0.4, 0.5) is 0 Å². The average molecular weight is 362 g/mol. The molecule has 0 aliphatic rings. The highest BCUT2D eigenvalue weighted by atomic mass is 79.9. The lowest BCUT2D eigenvalue weighted by molar-refractivity contribution is 0.0991. The van der Waals surface area contributed by atoms with Gasteiger partial charge in [0.15, 0.2) is 5.78 Å². The van der Waals surface area contributed by atoms with Gasteiger partial charge in [-0.1, -0.05) is 29.3 Å². The molecule has 0 fully saturated rings. The monoisotopic (exact) mass is 360 g/mol. The van der Waals surface area contributed by atoms with Crippen LogP contribution in [-0.2, 0) is 13.5 Å². The molecule has 3 nitrogen and oxygen atoms in total. The van der Waals surface area contributed by atoms with Crippen molar-refractivity contribution < 1.29 is 4.79 Å². The molecule has 0 aliphatic carbocycles. The molecule has 0 spiro atoms. The number of benzene rings is 1. The first-order valence-electron chi connectivity index (χ1n) is 5.57. The Bertz CT molecular complexity index is 652. The number of hydrogen-bond donors (Lipinski definition) is 0. The van der Waals surface area contributed by atoms with Crippen molar-refractivity contribution in [1.82, 2.24) is 9.78 Å². The Labute approximate surface area is 129 Å². The first-order chi connectivity index (χ1) is 8.91. The van der Waals surface area contributed by atoms with Crippen LogP contribution in [0.5, 0.6) is 0 Å². The van der Waals surface area contributed by atoms with Gasteiger partial charge in [-0.3, -0.25) is 9.48 Å². The molecule has 0 saturated carbocycles. The van der Waals surface area contributed by atoms with Gasteiger partial charge in [0, 0.05) is 17.1 Å². The van der Waals surface area contributed by atoms with Crippen LogP contribution in [0.15, 0.2) is 22.7 Å². The van der Waals surface area contributed by atoms with Gasteiger partial charge in [-0.25, -0.2) is 0 Å². The Hall–Kier alpha value is -0.840. The van der Waals surface area contributed by atoms with Crippen molar-refractivity contribution >= 4 is 44.9 Å². The summed E-state index contributed by atoms with van der Waals surface area (Å²) in [4.78, 5) is 12.3. The first kappa shape index (κ1) is 14.6. The summed E-state index contributed by atoms with van der Waals surface area (Å²) in [5.41, 5.74) is 1.89. The molecule has 0 unspecified atom stereocenters. The normalized spacial score (nSPS) is 10.8. The number of carbonyl (C=O) groups excluding carboxylic acids is 1. The molecular formula is C13H11BrCl2N2O. The molecule has 1 aromatic carbocycles. The van der Waals surface area contributed by atoms with Gasteiger partial charge in [-0.05, 0) is 35.0 Å². The molecule has 0 atom stereocenters. The summed E-state index contributed by atoms with van der Waals surface area (Å²) < 4.78 is 2.33. The molecule has 0 aliphatic heterocycles. The Morgan fingerprint density at radius 2 is 2.05 bits per heavy atom. The van der Waals surface area contributed by atoms with Gasteiger partial charge in [-0.2, -0.15) is 5.10 Å². The summed E-state index contributed by atoms with van der Waals surface area (Å²) >= 11 is 15.6. The number of rotatable bonds is 3. The van der Waals surface area contributed by atoms with Gasteiger partial charge in [0.2, 0.25) is 0 Å². The molecule has 0 saturated heterocycles. The second-order valence-corrected chi connectivity index (χ2v) is 5.78. The van der Waals surface area contributed by atoms with Crippen LogP contribution in [0, 0.1) is 6.92 Å². The number of halogens is 3. The number of nitrogens with zero attached hydrogens (tertiary/aromatic N) is 2. The Morgan fingerprint density at radius 1 is 1.37 bits per heavy atom. The van der Waals surface area contributed by atoms with Crippen molar-refractivity contribution in [2.24, 2.45) is 7.05 Å². The third kappa shape index (κ3) is 2.86.